The smallest absolute Gasteiger partial charge is 0.300 e. The van der Waals surface area contributed by atoms with Gasteiger partial charge >= 0.3 is 0 Å². The number of hydrogen-bond donors (Lipinski definition) is 2. The standard InChI is InChI=1S/2C2H4O2.Ce.Mn/c2*1-2(3)4;;/h2*1H3,(H,3,4);;. The van der Waals surface area contributed by atoms with Crippen LogP contribution >= 0.6 is 0 Å². The van der Waals surface area contributed by atoms with Gasteiger partial charge in [-0.1, -0.05) is 0 Å². The monoisotopic (exact) mass is 315 g/mol. The molecule has 59 valence electrons. The van der Waals surface area contributed by atoms with Gasteiger partial charge in [-0.2, -0.15) is 0 Å². The normalized spacial score (nSPS) is 5.00. The summed E-state index contributed by atoms with van der Waals surface area (Å²) in [5, 5.41) is 14.8. The van der Waals surface area contributed by atoms with Gasteiger partial charge in [0.2, 0.25) is 0 Å². The van der Waals surface area contributed by atoms with E-state index in [2.05, 4.69) is 0 Å². The number of hydrogen-bond acceptors (Lipinski definition) is 2. The van der Waals surface area contributed by atoms with E-state index in [-0.39, 0.29) is 58.8 Å². The molecule has 0 bridgehead atoms. The van der Waals surface area contributed by atoms with Crippen LogP contribution in [0.25, 0.3) is 0 Å². The van der Waals surface area contributed by atoms with E-state index < -0.39 is 11.9 Å². The fourth-order valence-corrected chi connectivity index (χ4v) is 0. The number of aliphatic carboxylic acids is 2. The summed E-state index contributed by atoms with van der Waals surface area (Å²) in [5.41, 5.74) is 0. The Morgan fingerprint density at radius 2 is 1.00 bits per heavy atom. The third-order valence-corrected chi connectivity index (χ3v) is 0. The zero-order valence-corrected chi connectivity index (χ0v) is 9.91. The van der Waals surface area contributed by atoms with E-state index >= 15 is 0 Å². The summed E-state index contributed by atoms with van der Waals surface area (Å²) in [6.45, 7) is 2.17. The van der Waals surface area contributed by atoms with Crippen LogP contribution in [0.15, 0.2) is 0 Å². The van der Waals surface area contributed by atoms with Crippen molar-refractivity contribution in [2.75, 3.05) is 0 Å². The average Bonchev–Trinajstić information content (AvgIpc) is 1.25. The zero-order chi connectivity index (χ0) is 7.15. The fourth-order valence-electron chi connectivity index (χ4n) is 0. The van der Waals surface area contributed by atoms with Gasteiger partial charge in [0, 0.05) is 72.7 Å². The first kappa shape index (κ1) is 22.4. The first-order chi connectivity index (χ1) is 3.46. The fraction of sp³-hybridized carbons (Fsp3) is 0.500. The molecule has 0 spiro atoms. The van der Waals surface area contributed by atoms with Gasteiger partial charge in [-0.25, -0.2) is 0 Å². The van der Waals surface area contributed by atoms with Crippen molar-refractivity contribution < 1.29 is 78.6 Å². The third-order valence-electron chi connectivity index (χ3n) is 0. The Labute approximate surface area is 103 Å². The van der Waals surface area contributed by atoms with E-state index in [1.54, 1.807) is 0 Å². The molecule has 1 radical (unpaired) electrons. The first-order valence-electron chi connectivity index (χ1n) is 1.86. The van der Waals surface area contributed by atoms with E-state index in [0.29, 0.717) is 0 Å². The Bertz CT molecular complexity index is 75.3. The van der Waals surface area contributed by atoms with Crippen LogP contribution in [-0.2, 0) is 26.7 Å². The molecule has 0 aliphatic carbocycles. The molecule has 10 heavy (non-hydrogen) atoms. The minimum Gasteiger partial charge on any atom is -0.481 e. The topological polar surface area (TPSA) is 74.6 Å². The van der Waals surface area contributed by atoms with E-state index in [9.17, 15) is 0 Å². The van der Waals surface area contributed by atoms with Crippen molar-refractivity contribution in [3.8, 4) is 0 Å². The summed E-state index contributed by atoms with van der Waals surface area (Å²) in [4.78, 5) is 18.0. The number of rotatable bonds is 0. The Morgan fingerprint density at radius 3 is 1.00 bits per heavy atom. The van der Waals surface area contributed by atoms with Crippen LogP contribution in [0.1, 0.15) is 13.8 Å². The van der Waals surface area contributed by atoms with Crippen molar-refractivity contribution in [1.29, 1.82) is 0 Å². The van der Waals surface area contributed by atoms with E-state index in [4.69, 9.17) is 19.8 Å². The summed E-state index contributed by atoms with van der Waals surface area (Å²) in [6.07, 6.45) is 0. The molecule has 0 aromatic heterocycles. The summed E-state index contributed by atoms with van der Waals surface area (Å²) >= 11 is 0. The molecule has 0 aromatic carbocycles. The van der Waals surface area contributed by atoms with Gasteiger partial charge < -0.3 is 10.2 Å². The maximum Gasteiger partial charge on any atom is 0.300 e. The maximum absolute atomic E-state index is 9.00. The molecule has 2 N–H and O–H groups in total. The quantitative estimate of drug-likeness (QED) is 0.626. The zero-order valence-electron chi connectivity index (χ0n) is 5.59. The van der Waals surface area contributed by atoms with Gasteiger partial charge in [0.15, 0.2) is 0 Å². The van der Waals surface area contributed by atoms with Gasteiger partial charge in [-0.15, -0.1) is 0 Å². The molecular formula is C4H8CeMnO4. The molecule has 0 saturated heterocycles. The summed E-state index contributed by atoms with van der Waals surface area (Å²) in [5.74, 6) is -1.67. The molecule has 0 saturated carbocycles. The predicted octanol–water partition coefficient (Wildman–Crippen LogP) is 0.179. The van der Waals surface area contributed by atoms with Crippen LogP contribution in [0.5, 0.6) is 0 Å². The van der Waals surface area contributed by atoms with Crippen LogP contribution < -0.4 is 0 Å². The molecule has 0 aliphatic heterocycles. The van der Waals surface area contributed by atoms with Gasteiger partial charge in [0.25, 0.3) is 11.9 Å². The van der Waals surface area contributed by atoms with Crippen LogP contribution in [0.4, 0.5) is 0 Å². The molecule has 0 fully saturated rings. The summed E-state index contributed by atoms with van der Waals surface area (Å²) in [7, 11) is 0. The largest absolute Gasteiger partial charge is 0.481 e. The molecule has 0 atom stereocenters. The maximum atomic E-state index is 9.00. The molecule has 0 unspecified atom stereocenters. The molecule has 0 heterocycles. The first-order valence-corrected chi connectivity index (χ1v) is 1.86. The number of carboxylic acids is 2. The molecule has 0 aliphatic rings. The van der Waals surface area contributed by atoms with Crippen LogP contribution in [-0.4, -0.2) is 22.2 Å². The van der Waals surface area contributed by atoms with Gasteiger partial charge in [-0.05, 0) is 0 Å². The van der Waals surface area contributed by atoms with E-state index in [1.807, 2.05) is 0 Å². The third kappa shape index (κ3) is 776. The second-order valence-electron chi connectivity index (χ2n) is 1.04. The second-order valence-corrected chi connectivity index (χ2v) is 1.04. The minimum atomic E-state index is -0.833. The van der Waals surface area contributed by atoms with Crippen LogP contribution in [0.3, 0.4) is 0 Å². The molecule has 0 aromatic rings. The molecule has 0 amide bonds. The predicted molar refractivity (Wildman–Crippen MR) is 26.6 cm³/mol. The van der Waals surface area contributed by atoms with Crippen molar-refractivity contribution in [2.45, 2.75) is 13.8 Å². The molecule has 6 heteroatoms. The Balaban J connectivity index is -0.0000000300. The van der Waals surface area contributed by atoms with Crippen LogP contribution in [0.2, 0.25) is 0 Å². The van der Waals surface area contributed by atoms with Crippen LogP contribution in [0, 0.1) is 41.7 Å². The Hall–Kier alpha value is 0.836. The number of carbonyl (C=O) groups is 2. The van der Waals surface area contributed by atoms with Crippen molar-refractivity contribution in [3.05, 3.63) is 0 Å². The molecular weight excluding hydrogens is 307 g/mol. The summed E-state index contributed by atoms with van der Waals surface area (Å²) in [6, 6.07) is 0. The number of carboxylic acid groups (broad SMARTS) is 2. The van der Waals surface area contributed by atoms with Gasteiger partial charge in [0.05, 0.1) is 0 Å². The summed E-state index contributed by atoms with van der Waals surface area (Å²) < 4.78 is 0. The molecule has 0 rings (SSSR count). The van der Waals surface area contributed by atoms with E-state index in [0.717, 1.165) is 13.8 Å². The Morgan fingerprint density at radius 1 is 1.00 bits per heavy atom. The van der Waals surface area contributed by atoms with Gasteiger partial charge in [0.1, 0.15) is 0 Å². The van der Waals surface area contributed by atoms with Crippen molar-refractivity contribution in [1.82, 2.24) is 0 Å². The SMILES string of the molecule is CC(=O)O.CC(=O)O.[Ce].[Mn]. The van der Waals surface area contributed by atoms with Crippen molar-refractivity contribution in [3.63, 3.8) is 0 Å². The van der Waals surface area contributed by atoms with Crippen molar-refractivity contribution in [2.24, 2.45) is 0 Å². The second kappa shape index (κ2) is 16.4. The Kier molecular flexibility index (Phi) is 36.9. The molecule has 4 nitrogen and oxygen atoms in total. The average molecular weight is 315 g/mol. The van der Waals surface area contributed by atoms with E-state index in [1.165, 1.54) is 0 Å². The van der Waals surface area contributed by atoms with Crippen molar-refractivity contribution >= 4 is 11.9 Å². The van der Waals surface area contributed by atoms with Gasteiger partial charge in [-0.3, -0.25) is 9.59 Å². The minimum absolute atomic E-state index is 0.